The molecule has 3 aromatic heterocycles. The molecule has 0 spiro atoms. The molecule has 156 valence electrons. The quantitative estimate of drug-likeness (QED) is 0.474. The molecule has 31 heavy (non-hydrogen) atoms. The minimum absolute atomic E-state index is 0.00401. The topological polar surface area (TPSA) is 110 Å². The number of hydrogen-bond acceptors (Lipinski definition) is 6. The van der Waals surface area contributed by atoms with Gasteiger partial charge < -0.3 is 18.9 Å². The lowest BCUT2D eigenvalue weighted by Crippen LogP contribution is -2.31. The fraction of sp³-hybridized carbons (Fsp3) is 0.174. The zero-order valence-corrected chi connectivity index (χ0v) is 16.9. The lowest BCUT2D eigenvalue weighted by molar-refractivity contribution is -0.125. The van der Waals surface area contributed by atoms with Crippen LogP contribution < -0.4 is 5.32 Å². The normalized spacial score (nSPS) is 11.8. The fourth-order valence-electron chi connectivity index (χ4n) is 3.30. The van der Waals surface area contributed by atoms with E-state index in [2.05, 4.69) is 5.32 Å². The molecule has 8 heteroatoms. The molecule has 0 fully saturated rings. The number of furan rings is 2. The zero-order valence-electron chi connectivity index (χ0n) is 16.9. The zero-order chi connectivity index (χ0) is 22.0. The van der Waals surface area contributed by atoms with E-state index in [0.29, 0.717) is 5.76 Å². The monoisotopic (exact) mass is 417 g/mol. The number of nitrogens with zero attached hydrogens (tertiary/aromatic N) is 2. The predicted molar refractivity (Wildman–Crippen MR) is 111 cm³/mol. The van der Waals surface area contributed by atoms with Crippen molar-refractivity contribution in [1.29, 1.82) is 5.26 Å². The number of carbonyl (C=O) groups is 2. The minimum atomic E-state index is -0.803. The number of benzene rings is 1. The molecule has 1 N–H and O–H groups in total. The van der Waals surface area contributed by atoms with Crippen molar-refractivity contribution in [2.24, 2.45) is 0 Å². The molecule has 1 amide bonds. The second kappa shape index (κ2) is 8.24. The Morgan fingerprint density at radius 1 is 1.19 bits per heavy atom. The molecule has 0 aliphatic carbocycles. The van der Waals surface area contributed by atoms with Crippen molar-refractivity contribution in [3.8, 4) is 12.0 Å². The van der Waals surface area contributed by atoms with E-state index in [1.54, 1.807) is 42.9 Å². The highest BCUT2D eigenvalue weighted by atomic mass is 16.5. The van der Waals surface area contributed by atoms with Crippen LogP contribution in [0.5, 0.6) is 0 Å². The number of nitriles is 1. The first-order valence-corrected chi connectivity index (χ1v) is 9.59. The Labute approximate surface area is 177 Å². The van der Waals surface area contributed by atoms with Crippen LogP contribution in [0, 0.1) is 18.3 Å². The first-order chi connectivity index (χ1) is 15.0. The van der Waals surface area contributed by atoms with E-state index >= 15 is 0 Å². The molecule has 0 bridgehead atoms. The van der Waals surface area contributed by atoms with Crippen LogP contribution in [0.2, 0.25) is 0 Å². The Hall–Kier alpha value is -4.25. The second-order valence-electron chi connectivity index (χ2n) is 6.97. The Bertz CT molecular complexity index is 1260. The van der Waals surface area contributed by atoms with Crippen LogP contribution in [0.25, 0.3) is 16.9 Å². The van der Waals surface area contributed by atoms with Crippen molar-refractivity contribution in [1.82, 2.24) is 9.88 Å². The molecule has 0 radical (unpaired) electrons. The van der Waals surface area contributed by atoms with Gasteiger partial charge in [-0.1, -0.05) is 18.2 Å². The third-order valence-corrected chi connectivity index (χ3v) is 4.80. The second-order valence-corrected chi connectivity index (χ2v) is 6.97. The van der Waals surface area contributed by atoms with Crippen LogP contribution in [-0.2, 0) is 9.53 Å². The molecule has 3 heterocycles. The first-order valence-electron chi connectivity index (χ1n) is 9.59. The highest BCUT2D eigenvalue weighted by Crippen LogP contribution is 2.26. The van der Waals surface area contributed by atoms with Gasteiger partial charge in [0.05, 0.1) is 6.04 Å². The first kappa shape index (κ1) is 20.0. The third kappa shape index (κ3) is 3.94. The standard InChI is InChI=1S/C23H19N3O5/c1-14(19-11-16-7-3-4-8-18(16)31-19)25-20(27)13-29-23(28)21-15(2)30-22(17(21)12-24)26-9-5-6-10-26/h3-11,14H,13H2,1-2H3,(H,25,27)/t14-/m1/s1. The van der Waals surface area contributed by atoms with E-state index < -0.39 is 24.5 Å². The molecule has 4 aromatic rings. The van der Waals surface area contributed by atoms with Gasteiger partial charge in [0.25, 0.3) is 5.91 Å². The summed E-state index contributed by atoms with van der Waals surface area (Å²) in [5.41, 5.74) is 0.780. The number of hydrogen-bond donors (Lipinski definition) is 1. The van der Waals surface area contributed by atoms with Gasteiger partial charge in [0.15, 0.2) is 6.61 Å². The van der Waals surface area contributed by atoms with Crippen molar-refractivity contribution in [2.75, 3.05) is 6.61 Å². The van der Waals surface area contributed by atoms with Gasteiger partial charge in [-0.3, -0.25) is 9.36 Å². The van der Waals surface area contributed by atoms with Crippen molar-refractivity contribution in [3.05, 3.63) is 77.5 Å². The minimum Gasteiger partial charge on any atom is -0.459 e. The number of fused-ring (bicyclic) bond motifs is 1. The summed E-state index contributed by atoms with van der Waals surface area (Å²) in [5, 5.41) is 13.2. The van der Waals surface area contributed by atoms with Gasteiger partial charge in [0.2, 0.25) is 5.88 Å². The highest BCUT2D eigenvalue weighted by molar-refractivity contribution is 5.95. The van der Waals surface area contributed by atoms with Crippen molar-refractivity contribution in [3.63, 3.8) is 0 Å². The molecule has 0 aliphatic heterocycles. The summed E-state index contributed by atoms with van der Waals surface area (Å²) in [7, 11) is 0. The summed E-state index contributed by atoms with van der Waals surface area (Å²) in [6, 6.07) is 14.5. The van der Waals surface area contributed by atoms with E-state index in [1.165, 1.54) is 0 Å². The lowest BCUT2D eigenvalue weighted by Gasteiger charge is -2.11. The van der Waals surface area contributed by atoms with Crippen LogP contribution in [-0.4, -0.2) is 23.1 Å². The predicted octanol–water partition coefficient (Wildman–Crippen LogP) is 4.03. The Morgan fingerprint density at radius 2 is 1.94 bits per heavy atom. The summed E-state index contributed by atoms with van der Waals surface area (Å²) < 4.78 is 18.0. The maximum absolute atomic E-state index is 12.6. The van der Waals surface area contributed by atoms with Gasteiger partial charge in [0, 0.05) is 17.8 Å². The van der Waals surface area contributed by atoms with E-state index in [0.717, 1.165) is 11.0 Å². The average Bonchev–Trinajstić information content (AvgIpc) is 3.49. The van der Waals surface area contributed by atoms with Crippen molar-refractivity contribution in [2.45, 2.75) is 19.9 Å². The number of nitrogens with one attached hydrogen (secondary N) is 1. The molecule has 4 rings (SSSR count). The summed E-state index contributed by atoms with van der Waals surface area (Å²) >= 11 is 0. The van der Waals surface area contributed by atoms with E-state index in [-0.39, 0.29) is 22.8 Å². The molecule has 0 aliphatic rings. The fourth-order valence-corrected chi connectivity index (χ4v) is 3.30. The number of rotatable bonds is 6. The maximum Gasteiger partial charge on any atom is 0.343 e. The molecule has 1 atom stereocenters. The molecule has 1 aromatic carbocycles. The molecule has 0 unspecified atom stereocenters. The average molecular weight is 417 g/mol. The van der Waals surface area contributed by atoms with Crippen LogP contribution in [0.15, 0.2) is 63.7 Å². The Morgan fingerprint density at radius 3 is 2.65 bits per heavy atom. The number of para-hydroxylation sites is 1. The highest BCUT2D eigenvalue weighted by Gasteiger charge is 2.26. The van der Waals surface area contributed by atoms with Gasteiger partial charge in [-0.25, -0.2) is 4.79 Å². The van der Waals surface area contributed by atoms with Crippen LogP contribution in [0.1, 0.15) is 40.4 Å². The largest absolute Gasteiger partial charge is 0.459 e. The molecule has 8 nitrogen and oxygen atoms in total. The van der Waals surface area contributed by atoms with Gasteiger partial charge >= 0.3 is 5.97 Å². The Balaban J connectivity index is 1.42. The smallest absolute Gasteiger partial charge is 0.343 e. The summed E-state index contributed by atoms with van der Waals surface area (Å²) in [6.07, 6.45) is 3.39. The molecule has 0 saturated carbocycles. The van der Waals surface area contributed by atoms with Gasteiger partial charge in [0.1, 0.15) is 34.3 Å². The molecular formula is C23H19N3O5. The van der Waals surface area contributed by atoms with E-state index in [4.69, 9.17) is 13.6 Å². The summed E-state index contributed by atoms with van der Waals surface area (Å²) in [6.45, 7) is 2.83. The number of ether oxygens (including phenoxy) is 1. The number of carbonyl (C=O) groups excluding carboxylic acids is 2. The third-order valence-electron chi connectivity index (χ3n) is 4.80. The van der Waals surface area contributed by atoms with Crippen LogP contribution >= 0.6 is 0 Å². The number of aryl methyl sites for hydroxylation is 1. The Kier molecular flexibility index (Phi) is 5.33. The summed E-state index contributed by atoms with van der Waals surface area (Å²) in [5.74, 6) is -0.245. The van der Waals surface area contributed by atoms with E-state index in [9.17, 15) is 14.9 Å². The molecule has 0 saturated heterocycles. The van der Waals surface area contributed by atoms with Crippen LogP contribution in [0.3, 0.4) is 0 Å². The molecular weight excluding hydrogens is 398 g/mol. The summed E-state index contributed by atoms with van der Waals surface area (Å²) in [4.78, 5) is 24.9. The van der Waals surface area contributed by atoms with Crippen LogP contribution in [0.4, 0.5) is 0 Å². The number of esters is 1. The van der Waals surface area contributed by atoms with Gasteiger partial charge in [-0.05, 0) is 38.1 Å². The van der Waals surface area contributed by atoms with Crippen molar-refractivity contribution < 1.29 is 23.2 Å². The van der Waals surface area contributed by atoms with Gasteiger partial charge in [-0.15, -0.1) is 0 Å². The van der Waals surface area contributed by atoms with E-state index in [1.807, 2.05) is 36.4 Å². The van der Waals surface area contributed by atoms with Crippen molar-refractivity contribution >= 4 is 22.8 Å². The maximum atomic E-state index is 12.6. The SMILES string of the molecule is Cc1oc(-n2cccc2)c(C#N)c1C(=O)OCC(=O)N[C@H](C)c1cc2ccccc2o1. The number of amides is 1. The van der Waals surface area contributed by atoms with Gasteiger partial charge in [-0.2, -0.15) is 5.26 Å². The lowest BCUT2D eigenvalue weighted by atomic mass is 10.1. The number of aromatic nitrogens is 1.